The summed E-state index contributed by atoms with van der Waals surface area (Å²) < 4.78 is 5.99. The minimum atomic E-state index is 0.428. The highest BCUT2D eigenvalue weighted by molar-refractivity contribution is 4.79. The summed E-state index contributed by atoms with van der Waals surface area (Å²) >= 11 is 0. The highest BCUT2D eigenvalue weighted by Crippen LogP contribution is 2.30. The van der Waals surface area contributed by atoms with E-state index in [-0.39, 0.29) is 0 Å². The van der Waals surface area contributed by atoms with Gasteiger partial charge in [-0.1, -0.05) is 27.2 Å². The molecule has 2 heteroatoms. The van der Waals surface area contributed by atoms with E-state index in [1.165, 1.54) is 25.7 Å². The third-order valence-electron chi connectivity index (χ3n) is 3.52. The lowest BCUT2D eigenvalue weighted by molar-refractivity contribution is -0.0245. The molecule has 0 aromatic heterocycles. The van der Waals surface area contributed by atoms with E-state index in [4.69, 9.17) is 10.5 Å². The van der Waals surface area contributed by atoms with Crippen LogP contribution in [0.2, 0.25) is 0 Å². The zero-order chi connectivity index (χ0) is 11.3. The molecule has 0 saturated heterocycles. The van der Waals surface area contributed by atoms with Crippen LogP contribution in [-0.4, -0.2) is 19.3 Å². The van der Waals surface area contributed by atoms with Crippen LogP contribution in [0.3, 0.4) is 0 Å². The quantitative estimate of drug-likeness (QED) is 0.762. The topological polar surface area (TPSA) is 35.2 Å². The van der Waals surface area contributed by atoms with Gasteiger partial charge in [-0.05, 0) is 43.6 Å². The molecule has 1 aliphatic rings. The fraction of sp³-hybridized carbons (Fsp3) is 1.00. The van der Waals surface area contributed by atoms with Crippen molar-refractivity contribution < 1.29 is 4.74 Å². The second kappa shape index (κ2) is 6.49. The molecule has 2 nitrogen and oxygen atoms in total. The molecule has 0 heterocycles. The van der Waals surface area contributed by atoms with Crippen LogP contribution in [0, 0.1) is 17.8 Å². The molecular weight excluding hydrogens is 186 g/mol. The molecule has 90 valence electrons. The second-order valence-corrected chi connectivity index (χ2v) is 5.51. The predicted octanol–water partition coefficient (Wildman–Crippen LogP) is 2.81. The van der Waals surface area contributed by atoms with E-state index in [1.54, 1.807) is 0 Å². The van der Waals surface area contributed by atoms with Crippen LogP contribution in [0.25, 0.3) is 0 Å². The Kier molecular flexibility index (Phi) is 5.62. The first kappa shape index (κ1) is 13.0. The standard InChI is InChI=1S/C13H27NO/c1-10(2)6-7-15-13-8-11(3)4-5-12(13)9-14/h10-13H,4-9,14H2,1-3H3. The first-order valence-electron chi connectivity index (χ1n) is 6.45. The maximum absolute atomic E-state index is 5.99. The molecule has 0 amide bonds. The van der Waals surface area contributed by atoms with Gasteiger partial charge in [0.25, 0.3) is 0 Å². The van der Waals surface area contributed by atoms with Crippen molar-refractivity contribution in [3.05, 3.63) is 0 Å². The fourth-order valence-electron chi connectivity index (χ4n) is 2.32. The van der Waals surface area contributed by atoms with Crippen molar-refractivity contribution in [2.75, 3.05) is 13.2 Å². The van der Waals surface area contributed by atoms with Gasteiger partial charge in [-0.3, -0.25) is 0 Å². The number of hydrogen-bond donors (Lipinski definition) is 1. The lowest BCUT2D eigenvalue weighted by atomic mass is 9.80. The Morgan fingerprint density at radius 3 is 2.67 bits per heavy atom. The van der Waals surface area contributed by atoms with Crippen LogP contribution in [0.15, 0.2) is 0 Å². The Morgan fingerprint density at radius 2 is 2.07 bits per heavy atom. The Bertz CT molecular complexity index is 170. The summed E-state index contributed by atoms with van der Waals surface area (Å²) in [7, 11) is 0. The van der Waals surface area contributed by atoms with Gasteiger partial charge >= 0.3 is 0 Å². The Labute approximate surface area is 94.6 Å². The number of rotatable bonds is 5. The maximum Gasteiger partial charge on any atom is 0.0617 e. The van der Waals surface area contributed by atoms with Crippen LogP contribution in [-0.2, 0) is 4.74 Å². The Morgan fingerprint density at radius 1 is 1.33 bits per heavy atom. The summed E-state index contributed by atoms with van der Waals surface area (Å²) in [4.78, 5) is 0. The highest BCUT2D eigenvalue weighted by Gasteiger charge is 2.28. The van der Waals surface area contributed by atoms with Crippen LogP contribution in [0.5, 0.6) is 0 Å². The summed E-state index contributed by atoms with van der Waals surface area (Å²) in [5.74, 6) is 2.16. The average molecular weight is 213 g/mol. The molecule has 0 spiro atoms. The summed E-state index contributed by atoms with van der Waals surface area (Å²) in [5, 5.41) is 0. The normalized spacial score (nSPS) is 32.2. The van der Waals surface area contributed by atoms with Gasteiger partial charge < -0.3 is 10.5 Å². The van der Waals surface area contributed by atoms with Gasteiger partial charge in [0.15, 0.2) is 0 Å². The van der Waals surface area contributed by atoms with Crippen molar-refractivity contribution in [3.63, 3.8) is 0 Å². The van der Waals surface area contributed by atoms with Gasteiger partial charge in [-0.2, -0.15) is 0 Å². The number of nitrogens with two attached hydrogens (primary N) is 1. The molecule has 1 fully saturated rings. The van der Waals surface area contributed by atoms with Crippen molar-refractivity contribution in [3.8, 4) is 0 Å². The van der Waals surface area contributed by atoms with E-state index in [1.807, 2.05) is 0 Å². The molecule has 0 aromatic carbocycles. The minimum Gasteiger partial charge on any atom is -0.378 e. The van der Waals surface area contributed by atoms with Gasteiger partial charge in [0.2, 0.25) is 0 Å². The molecule has 0 aliphatic heterocycles. The molecular formula is C13H27NO. The van der Waals surface area contributed by atoms with Crippen LogP contribution in [0.4, 0.5) is 0 Å². The molecule has 1 saturated carbocycles. The molecule has 2 N–H and O–H groups in total. The Balaban J connectivity index is 2.28. The van der Waals surface area contributed by atoms with E-state index in [2.05, 4.69) is 20.8 Å². The van der Waals surface area contributed by atoms with E-state index in [9.17, 15) is 0 Å². The maximum atomic E-state index is 5.99. The van der Waals surface area contributed by atoms with Crippen molar-refractivity contribution in [1.82, 2.24) is 0 Å². The lowest BCUT2D eigenvalue weighted by Gasteiger charge is -2.34. The van der Waals surface area contributed by atoms with Gasteiger partial charge in [0.1, 0.15) is 0 Å². The van der Waals surface area contributed by atoms with E-state index in [0.717, 1.165) is 25.0 Å². The summed E-state index contributed by atoms with van der Waals surface area (Å²) in [6.45, 7) is 8.51. The van der Waals surface area contributed by atoms with Crippen molar-refractivity contribution >= 4 is 0 Å². The molecule has 0 bridgehead atoms. The number of hydrogen-bond acceptors (Lipinski definition) is 2. The predicted molar refractivity (Wildman–Crippen MR) is 64.8 cm³/mol. The Hall–Kier alpha value is -0.0800. The van der Waals surface area contributed by atoms with E-state index < -0.39 is 0 Å². The van der Waals surface area contributed by atoms with Crippen LogP contribution in [0.1, 0.15) is 46.5 Å². The fourth-order valence-corrected chi connectivity index (χ4v) is 2.32. The minimum absolute atomic E-state index is 0.428. The number of ether oxygens (including phenoxy) is 1. The summed E-state index contributed by atoms with van der Waals surface area (Å²) in [6.07, 6.45) is 5.38. The molecule has 3 unspecified atom stereocenters. The van der Waals surface area contributed by atoms with Gasteiger partial charge in [-0.15, -0.1) is 0 Å². The van der Waals surface area contributed by atoms with Crippen LogP contribution < -0.4 is 5.73 Å². The molecule has 15 heavy (non-hydrogen) atoms. The van der Waals surface area contributed by atoms with E-state index in [0.29, 0.717) is 12.0 Å². The first-order valence-corrected chi connectivity index (χ1v) is 6.45. The van der Waals surface area contributed by atoms with E-state index >= 15 is 0 Å². The van der Waals surface area contributed by atoms with Gasteiger partial charge in [-0.25, -0.2) is 0 Å². The van der Waals surface area contributed by atoms with Crippen LogP contribution >= 0.6 is 0 Å². The lowest BCUT2D eigenvalue weighted by Crippen LogP contribution is -2.36. The second-order valence-electron chi connectivity index (χ2n) is 5.51. The van der Waals surface area contributed by atoms with Gasteiger partial charge in [0, 0.05) is 6.61 Å². The van der Waals surface area contributed by atoms with Crippen molar-refractivity contribution in [1.29, 1.82) is 0 Å². The molecule has 1 rings (SSSR count). The molecule has 3 atom stereocenters. The SMILES string of the molecule is CC(C)CCOC1CC(C)CCC1CN. The third-order valence-corrected chi connectivity index (χ3v) is 3.52. The first-order chi connectivity index (χ1) is 7.13. The molecule has 0 aromatic rings. The highest BCUT2D eigenvalue weighted by atomic mass is 16.5. The largest absolute Gasteiger partial charge is 0.378 e. The van der Waals surface area contributed by atoms with Crippen molar-refractivity contribution in [2.24, 2.45) is 23.5 Å². The zero-order valence-electron chi connectivity index (χ0n) is 10.5. The average Bonchev–Trinajstić information content (AvgIpc) is 2.17. The monoisotopic (exact) mass is 213 g/mol. The summed E-state index contributed by atoms with van der Waals surface area (Å²) in [6, 6.07) is 0. The van der Waals surface area contributed by atoms with Gasteiger partial charge in [0.05, 0.1) is 6.10 Å². The molecule has 1 aliphatic carbocycles. The van der Waals surface area contributed by atoms with Crippen molar-refractivity contribution in [2.45, 2.75) is 52.6 Å². The smallest absolute Gasteiger partial charge is 0.0617 e. The summed E-state index contributed by atoms with van der Waals surface area (Å²) in [5.41, 5.74) is 5.79. The zero-order valence-corrected chi connectivity index (χ0v) is 10.5. The third kappa shape index (κ3) is 4.52. The molecule has 0 radical (unpaired) electrons.